The van der Waals surface area contributed by atoms with Crippen LogP contribution in [-0.4, -0.2) is 26.0 Å². The van der Waals surface area contributed by atoms with Crippen molar-refractivity contribution in [2.75, 3.05) is 17.2 Å². The van der Waals surface area contributed by atoms with Gasteiger partial charge in [0, 0.05) is 17.1 Å². The molecule has 1 aromatic rings. The Morgan fingerprint density at radius 2 is 2.06 bits per heavy atom. The van der Waals surface area contributed by atoms with Gasteiger partial charge in [-0.1, -0.05) is 0 Å². The van der Waals surface area contributed by atoms with Gasteiger partial charge in [-0.3, -0.25) is 0 Å². The summed E-state index contributed by atoms with van der Waals surface area (Å²) >= 11 is 3.04. The number of anilines is 1. The van der Waals surface area contributed by atoms with Gasteiger partial charge in [-0.15, -0.1) is 11.3 Å². The maximum Gasteiger partial charge on any atom is 0.250 e. The molecule has 0 atom stereocenters. The van der Waals surface area contributed by atoms with Crippen molar-refractivity contribution >= 4 is 38.8 Å². The van der Waals surface area contributed by atoms with Crippen LogP contribution in [0.5, 0.6) is 0 Å². The summed E-state index contributed by atoms with van der Waals surface area (Å²) in [6.45, 7) is 0. The van der Waals surface area contributed by atoms with Crippen LogP contribution in [0.3, 0.4) is 0 Å². The molecule has 0 unspecified atom stereocenters. The van der Waals surface area contributed by atoms with Crippen molar-refractivity contribution in [1.82, 2.24) is 4.72 Å². The van der Waals surface area contributed by atoms with Crippen LogP contribution in [0.1, 0.15) is 12.8 Å². The van der Waals surface area contributed by atoms with Gasteiger partial charge in [0.2, 0.25) is 10.0 Å². The Hall–Kier alpha value is -0.240. The topological polar surface area (TPSA) is 72.2 Å². The molecular weight excluding hydrogens is 264 g/mol. The molecule has 7 heteroatoms. The molecule has 3 N–H and O–H groups in total. The van der Waals surface area contributed by atoms with Crippen molar-refractivity contribution in [1.29, 1.82) is 0 Å². The van der Waals surface area contributed by atoms with Gasteiger partial charge in [0.15, 0.2) is 0 Å². The molecule has 2 heterocycles. The molecule has 0 aliphatic carbocycles. The second kappa shape index (κ2) is 4.95. The van der Waals surface area contributed by atoms with Gasteiger partial charge < -0.3 is 5.73 Å². The van der Waals surface area contributed by atoms with Crippen LogP contribution in [0.2, 0.25) is 0 Å². The fourth-order valence-electron chi connectivity index (χ4n) is 1.56. The maximum absolute atomic E-state index is 12.0. The molecule has 4 nitrogen and oxygen atoms in total. The first-order valence-electron chi connectivity index (χ1n) is 5.02. The summed E-state index contributed by atoms with van der Waals surface area (Å²) in [4.78, 5) is 0. The molecule has 1 saturated heterocycles. The molecule has 1 aromatic heterocycles. The first kappa shape index (κ1) is 12.2. The summed E-state index contributed by atoms with van der Waals surface area (Å²) in [6, 6.07) is 1.58. The zero-order valence-corrected chi connectivity index (χ0v) is 11.1. The Morgan fingerprint density at radius 1 is 1.38 bits per heavy atom. The van der Waals surface area contributed by atoms with Crippen LogP contribution in [0, 0.1) is 0 Å². The van der Waals surface area contributed by atoms with E-state index in [4.69, 9.17) is 5.73 Å². The standard InChI is InChI=1S/C9H14N2O2S3/c10-7-5-9(15-6-7)16(12,13)11-8-1-3-14-4-2-8/h5-6,8,11H,1-4,10H2. The van der Waals surface area contributed by atoms with Crippen molar-refractivity contribution < 1.29 is 8.42 Å². The van der Waals surface area contributed by atoms with Gasteiger partial charge in [0.25, 0.3) is 0 Å². The normalized spacial score (nSPS) is 18.8. The van der Waals surface area contributed by atoms with E-state index in [2.05, 4.69) is 4.72 Å². The molecule has 0 bridgehead atoms. The molecular formula is C9H14N2O2S3. The first-order valence-corrected chi connectivity index (χ1v) is 8.54. The van der Waals surface area contributed by atoms with Crippen LogP contribution >= 0.6 is 23.1 Å². The van der Waals surface area contributed by atoms with E-state index < -0.39 is 10.0 Å². The Balaban J connectivity index is 2.07. The predicted octanol–water partition coefficient (Wildman–Crippen LogP) is 1.50. The molecule has 0 aromatic carbocycles. The zero-order chi connectivity index (χ0) is 11.6. The van der Waals surface area contributed by atoms with Gasteiger partial charge in [-0.25, -0.2) is 13.1 Å². The van der Waals surface area contributed by atoms with E-state index in [1.807, 2.05) is 11.8 Å². The van der Waals surface area contributed by atoms with E-state index in [9.17, 15) is 8.42 Å². The van der Waals surface area contributed by atoms with E-state index in [-0.39, 0.29) is 6.04 Å². The number of nitrogens with one attached hydrogen (secondary N) is 1. The molecule has 0 radical (unpaired) electrons. The third kappa shape index (κ3) is 2.91. The van der Waals surface area contributed by atoms with Crippen LogP contribution < -0.4 is 10.5 Å². The summed E-state index contributed by atoms with van der Waals surface area (Å²) in [5, 5.41) is 1.64. The third-order valence-corrected chi connectivity index (χ3v) is 6.43. The van der Waals surface area contributed by atoms with Crippen LogP contribution in [0.15, 0.2) is 15.7 Å². The molecule has 0 amide bonds. The fourth-order valence-corrected chi connectivity index (χ4v) is 5.07. The predicted molar refractivity (Wildman–Crippen MR) is 69.4 cm³/mol. The summed E-state index contributed by atoms with van der Waals surface area (Å²) in [5.41, 5.74) is 6.03. The largest absolute Gasteiger partial charge is 0.398 e. The van der Waals surface area contributed by atoms with Gasteiger partial charge >= 0.3 is 0 Å². The monoisotopic (exact) mass is 278 g/mol. The summed E-state index contributed by atoms with van der Waals surface area (Å²) in [7, 11) is -3.36. The Kier molecular flexibility index (Phi) is 3.78. The number of sulfonamides is 1. The second-order valence-electron chi connectivity index (χ2n) is 3.71. The highest BCUT2D eigenvalue weighted by molar-refractivity contribution is 7.99. The average Bonchev–Trinajstić information content (AvgIpc) is 2.66. The highest BCUT2D eigenvalue weighted by atomic mass is 32.2. The lowest BCUT2D eigenvalue weighted by molar-refractivity contribution is 0.530. The van der Waals surface area contributed by atoms with Crippen LogP contribution in [0.4, 0.5) is 5.69 Å². The number of nitrogens with two attached hydrogens (primary N) is 1. The summed E-state index contributed by atoms with van der Waals surface area (Å²) < 4.78 is 26.9. The number of thioether (sulfide) groups is 1. The van der Waals surface area contributed by atoms with Crippen LogP contribution in [0.25, 0.3) is 0 Å². The van der Waals surface area contributed by atoms with Gasteiger partial charge in [0.1, 0.15) is 4.21 Å². The fraction of sp³-hybridized carbons (Fsp3) is 0.556. The molecule has 0 saturated carbocycles. The van der Waals surface area contributed by atoms with Gasteiger partial charge in [-0.2, -0.15) is 11.8 Å². The zero-order valence-electron chi connectivity index (χ0n) is 8.68. The quantitative estimate of drug-likeness (QED) is 0.879. The molecule has 90 valence electrons. The van der Waals surface area contributed by atoms with Gasteiger partial charge in [0.05, 0.1) is 0 Å². The molecule has 0 spiro atoms. The highest BCUT2D eigenvalue weighted by Gasteiger charge is 2.22. The van der Waals surface area contributed by atoms with Crippen molar-refractivity contribution in [3.05, 3.63) is 11.4 Å². The lowest BCUT2D eigenvalue weighted by Gasteiger charge is -2.21. The van der Waals surface area contributed by atoms with Gasteiger partial charge in [-0.05, 0) is 30.4 Å². The first-order chi connectivity index (χ1) is 7.58. The SMILES string of the molecule is Nc1csc(S(=O)(=O)NC2CCSCC2)c1. The van der Waals surface area contributed by atoms with Crippen molar-refractivity contribution in [3.8, 4) is 0 Å². The average molecular weight is 278 g/mol. The van der Waals surface area contributed by atoms with E-state index in [1.54, 1.807) is 5.38 Å². The lowest BCUT2D eigenvalue weighted by atomic mass is 10.2. The lowest BCUT2D eigenvalue weighted by Crippen LogP contribution is -2.36. The minimum absolute atomic E-state index is 0.0783. The molecule has 2 rings (SSSR count). The van der Waals surface area contributed by atoms with Crippen LogP contribution in [-0.2, 0) is 10.0 Å². The van der Waals surface area contributed by atoms with Crippen molar-refractivity contribution in [2.45, 2.75) is 23.1 Å². The maximum atomic E-state index is 12.0. The molecule has 1 fully saturated rings. The Bertz CT molecular complexity index is 449. The van der Waals surface area contributed by atoms with E-state index in [0.29, 0.717) is 9.90 Å². The second-order valence-corrected chi connectivity index (χ2v) is 7.78. The number of rotatable bonds is 3. The molecule has 16 heavy (non-hydrogen) atoms. The van der Waals surface area contributed by atoms with E-state index >= 15 is 0 Å². The molecule has 1 aliphatic heterocycles. The molecule has 1 aliphatic rings. The number of thiophene rings is 1. The summed E-state index contributed by atoms with van der Waals surface area (Å²) in [5.74, 6) is 2.06. The number of hydrogen-bond acceptors (Lipinski definition) is 5. The Morgan fingerprint density at radius 3 is 2.62 bits per heavy atom. The van der Waals surface area contributed by atoms with E-state index in [1.165, 1.54) is 6.07 Å². The van der Waals surface area contributed by atoms with Crippen molar-refractivity contribution in [2.24, 2.45) is 0 Å². The van der Waals surface area contributed by atoms with Crippen molar-refractivity contribution in [3.63, 3.8) is 0 Å². The van der Waals surface area contributed by atoms with E-state index in [0.717, 1.165) is 35.7 Å². The smallest absolute Gasteiger partial charge is 0.250 e. The minimum atomic E-state index is -3.36. The summed E-state index contributed by atoms with van der Waals surface area (Å²) in [6.07, 6.45) is 1.81. The number of hydrogen-bond donors (Lipinski definition) is 2. The highest BCUT2D eigenvalue weighted by Crippen LogP contribution is 2.24. The minimum Gasteiger partial charge on any atom is -0.398 e. The number of nitrogen functional groups attached to an aromatic ring is 1. The third-order valence-electron chi connectivity index (χ3n) is 2.40. The Labute approximate surface area is 104 Å².